The first-order chi connectivity index (χ1) is 29.8. The molecule has 0 atom stereocenters. The molecule has 1 aliphatic heterocycles. The molecule has 0 aromatic heterocycles. The average molecular weight is 765 g/mol. The molecule has 11 rings (SSSR count). The number of anilines is 6. The maximum Gasteiger partial charge on any atom is 0.0541 e. The van der Waals surface area contributed by atoms with Crippen molar-refractivity contribution in [2.45, 2.75) is 0 Å². The molecule has 10 aromatic carbocycles. The Kier molecular flexibility index (Phi) is 8.87. The monoisotopic (exact) mass is 764 g/mol. The number of benzene rings is 10. The fourth-order valence-electron chi connectivity index (χ4n) is 8.89. The smallest absolute Gasteiger partial charge is 0.0541 e. The Morgan fingerprint density at radius 3 is 1.25 bits per heavy atom. The van der Waals surface area contributed by atoms with E-state index in [9.17, 15) is 0 Å². The van der Waals surface area contributed by atoms with Crippen molar-refractivity contribution in [2.75, 3.05) is 9.80 Å². The van der Waals surface area contributed by atoms with Crippen molar-refractivity contribution in [3.8, 4) is 55.6 Å². The molecule has 0 saturated heterocycles. The number of rotatable bonds is 7. The van der Waals surface area contributed by atoms with Crippen molar-refractivity contribution in [1.29, 1.82) is 0 Å². The standard InChI is InChI=1S/C58H40N2/c1-3-14-41(15-4-1)43-26-33-48(34-27-43)59(49-35-28-44(29-36-49)42-16-5-2-6-17-42)50-37-30-45(31-38-50)47-32-39-58-55(40-47)53-22-10-9-21-52(53)54-23-11-12-24-57(54)60(58)56-25-13-19-46-18-7-8-20-51(46)56/h1-40H. The summed E-state index contributed by atoms with van der Waals surface area (Å²) in [6, 6.07) is 87.9. The zero-order valence-electron chi connectivity index (χ0n) is 33.0. The predicted octanol–water partition coefficient (Wildman–Crippen LogP) is 16.4. The molecule has 0 unspecified atom stereocenters. The highest BCUT2D eigenvalue weighted by Crippen LogP contribution is 2.52. The molecule has 0 saturated carbocycles. The largest absolute Gasteiger partial charge is 0.311 e. The van der Waals surface area contributed by atoms with E-state index >= 15 is 0 Å². The molecule has 282 valence electrons. The first-order valence-electron chi connectivity index (χ1n) is 20.6. The molecule has 0 fully saturated rings. The number of para-hydroxylation sites is 1. The van der Waals surface area contributed by atoms with Gasteiger partial charge in [0.25, 0.3) is 0 Å². The van der Waals surface area contributed by atoms with Crippen molar-refractivity contribution in [2.24, 2.45) is 0 Å². The van der Waals surface area contributed by atoms with Crippen molar-refractivity contribution < 1.29 is 0 Å². The maximum absolute atomic E-state index is 2.46. The van der Waals surface area contributed by atoms with Gasteiger partial charge in [0.15, 0.2) is 0 Å². The third kappa shape index (κ3) is 6.32. The lowest BCUT2D eigenvalue weighted by Gasteiger charge is -2.29. The molecule has 0 aliphatic carbocycles. The van der Waals surface area contributed by atoms with Gasteiger partial charge >= 0.3 is 0 Å². The molecule has 10 aromatic rings. The molecule has 1 aliphatic rings. The summed E-state index contributed by atoms with van der Waals surface area (Å²) in [6.45, 7) is 0. The van der Waals surface area contributed by atoms with E-state index in [-0.39, 0.29) is 0 Å². The van der Waals surface area contributed by atoms with Crippen LogP contribution < -0.4 is 9.80 Å². The predicted molar refractivity (Wildman–Crippen MR) is 254 cm³/mol. The molecule has 1 heterocycles. The van der Waals surface area contributed by atoms with Crippen molar-refractivity contribution in [1.82, 2.24) is 0 Å². The van der Waals surface area contributed by atoms with Gasteiger partial charge in [-0.15, -0.1) is 0 Å². The van der Waals surface area contributed by atoms with Gasteiger partial charge < -0.3 is 9.80 Å². The number of hydrogen-bond donors (Lipinski definition) is 0. The third-order valence-electron chi connectivity index (χ3n) is 11.8. The van der Waals surface area contributed by atoms with Crippen molar-refractivity contribution >= 4 is 44.9 Å². The zero-order chi connectivity index (χ0) is 39.8. The van der Waals surface area contributed by atoms with Crippen LogP contribution in [-0.4, -0.2) is 0 Å². The van der Waals surface area contributed by atoms with Crippen LogP contribution in [0.25, 0.3) is 66.4 Å². The van der Waals surface area contributed by atoms with Crippen LogP contribution >= 0.6 is 0 Å². The molecule has 0 amide bonds. The molecule has 2 heteroatoms. The first-order valence-corrected chi connectivity index (χ1v) is 20.6. The van der Waals surface area contributed by atoms with Gasteiger partial charge in [0.2, 0.25) is 0 Å². The maximum atomic E-state index is 2.46. The number of nitrogens with zero attached hydrogens (tertiary/aromatic N) is 2. The zero-order valence-corrected chi connectivity index (χ0v) is 33.0. The summed E-state index contributed by atoms with van der Waals surface area (Å²) in [5, 5.41) is 2.45. The van der Waals surface area contributed by atoms with Gasteiger partial charge in [-0.2, -0.15) is 0 Å². The SMILES string of the molecule is c1ccc(-c2ccc(N(c3ccc(-c4ccccc4)cc3)c3ccc(-c4ccc5c(c4)-c4ccccc4-c4ccccc4N5c4cccc5ccccc45)cc3)cc2)cc1. The fraction of sp³-hybridized carbons (Fsp3) is 0. The van der Waals surface area contributed by atoms with Crippen LogP contribution in [0.1, 0.15) is 0 Å². The molecule has 0 bridgehead atoms. The second-order valence-electron chi connectivity index (χ2n) is 15.3. The fourth-order valence-corrected chi connectivity index (χ4v) is 8.89. The summed E-state index contributed by atoms with van der Waals surface area (Å²) < 4.78 is 0. The molecule has 60 heavy (non-hydrogen) atoms. The van der Waals surface area contributed by atoms with Gasteiger partial charge in [-0.25, -0.2) is 0 Å². The van der Waals surface area contributed by atoms with E-state index < -0.39 is 0 Å². The molecule has 2 nitrogen and oxygen atoms in total. The summed E-state index contributed by atoms with van der Waals surface area (Å²) in [7, 11) is 0. The van der Waals surface area contributed by atoms with Crippen LogP contribution in [0.4, 0.5) is 34.1 Å². The summed E-state index contributed by atoms with van der Waals surface area (Å²) in [4.78, 5) is 4.81. The van der Waals surface area contributed by atoms with Gasteiger partial charge in [-0.05, 0) is 111 Å². The molecular weight excluding hydrogens is 725 g/mol. The second-order valence-corrected chi connectivity index (χ2v) is 15.3. The van der Waals surface area contributed by atoms with E-state index in [1.54, 1.807) is 0 Å². The molecule has 0 N–H and O–H groups in total. The quantitative estimate of drug-likeness (QED) is 0.159. The second kappa shape index (κ2) is 15.1. The Bertz CT molecular complexity index is 3030. The van der Waals surface area contributed by atoms with E-state index in [4.69, 9.17) is 0 Å². The minimum absolute atomic E-state index is 1.09. The van der Waals surface area contributed by atoms with Crippen molar-refractivity contribution in [3.05, 3.63) is 243 Å². The van der Waals surface area contributed by atoms with E-state index in [1.165, 1.54) is 72.2 Å². The van der Waals surface area contributed by atoms with Crippen LogP contribution in [0.5, 0.6) is 0 Å². The van der Waals surface area contributed by atoms with Crippen LogP contribution in [-0.2, 0) is 0 Å². The van der Waals surface area contributed by atoms with Crippen LogP contribution in [0.3, 0.4) is 0 Å². The Morgan fingerprint density at radius 2 is 0.650 bits per heavy atom. The Hall–Kier alpha value is -7.94. The molecule has 0 spiro atoms. The van der Waals surface area contributed by atoms with Gasteiger partial charge in [0.05, 0.1) is 17.1 Å². The summed E-state index contributed by atoms with van der Waals surface area (Å²) >= 11 is 0. The summed E-state index contributed by atoms with van der Waals surface area (Å²) in [5.74, 6) is 0. The van der Waals surface area contributed by atoms with E-state index in [2.05, 4.69) is 252 Å². The number of fused-ring (bicyclic) bond motifs is 6. The minimum Gasteiger partial charge on any atom is -0.311 e. The summed E-state index contributed by atoms with van der Waals surface area (Å²) in [6.07, 6.45) is 0. The third-order valence-corrected chi connectivity index (χ3v) is 11.8. The van der Waals surface area contributed by atoms with Gasteiger partial charge in [0.1, 0.15) is 0 Å². The number of hydrogen-bond acceptors (Lipinski definition) is 2. The Balaban J connectivity index is 1.01. The van der Waals surface area contributed by atoms with Crippen LogP contribution in [0.2, 0.25) is 0 Å². The molecule has 0 radical (unpaired) electrons. The summed E-state index contributed by atoms with van der Waals surface area (Å²) in [5.41, 5.74) is 18.8. The highest BCUT2D eigenvalue weighted by Gasteiger charge is 2.27. The first kappa shape index (κ1) is 35.2. The average Bonchev–Trinajstić information content (AvgIpc) is 3.45. The van der Waals surface area contributed by atoms with Gasteiger partial charge in [-0.1, -0.05) is 182 Å². The highest BCUT2D eigenvalue weighted by molar-refractivity contribution is 6.07. The van der Waals surface area contributed by atoms with E-state index in [0.717, 1.165) is 28.3 Å². The lowest BCUT2D eigenvalue weighted by molar-refractivity contribution is 1.28. The lowest BCUT2D eigenvalue weighted by atomic mass is 9.92. The van der Waals surface area contributed by atoms with Gasteiger partial charge in [-0.3, -0.25) is 0 Å². The lowest BCUT2D eigenvalue weighted by Crippen LogP contribution is -2.11. The highest BCUT2D eigenvalue weighted by atomic mass is 15.2. The van der Waals surface area contributed by atoms with Crippen LogP contribution in [0, 0.1) is 0 Å². The minimum atomic E-state index is 1.09. The topological polar surface area (TPSA) is 6.48 Å². The Morgan fingerprint density at radius 1 is 0.250 bits per heavy atom. The molecular formula is C58H40N2. The van der Waals surface area contributed by atoms with Crippen LogP contribution in [0.15, 0.2) is 243 Å². The van der Waals surface area contributed by atoms with Crippen molar-refractivity contribution in [3.63, 3.8) is 0 Å². The Labute approximate surface area is 351 Å². The van der Waals surface area contributed by atoms with Gasteiger partial charge in [0, 0.05) is 33.6 Å². The van der Waals surface area contributed by atoms with E-state index in [1.807, 2.05) is 0 Å². The van der Waals surface area contributed by atoms with E-state index in [0.29, 0.717) is 0 Å². The normalized spacial score (nSPS) is 11.6.